The molecule has 6 nitrogen and oxygen atoms in total. The zero-order chi connectivity index (χ0) is 15.0. The van der Waals surface area contributed by atoms with Crippen molar-refractivity contribution in [3.05, 3.63) is 29.8 Å². The first-order valence-corrected chi connectivity index (χ1v) is 7.90. The molecule has 0 aliphatic heterocycles. The monoisotopic (exact) mass is 302 g/mol. The average Bonchev–Trinajstić information content (AvgIpc) is 2.41. The van der Waals surface area contributed by atoms with Gasteiger partial charge in [-0.1, -0.05) is 12.1 Å². The third-order valence-corrected chi connectivity index (χ3v) is 4.66. The van der Waals surface area contributed by atoms with Crippen molar-refractivity contribution in [2.45, 2.75) is 5.75 Å². The summed E-state index contributed by atoms with van der Waals surface area (Å²) in [7, 11) is -0.315. The molecule has 0 atom stereocenters. The number of hydrogen-bond donors (Lipinski definition) is 1. The van der Waals surface area contributed by atoms with Gasteiger partial charge < -0.3 is 15.2 Å². The number of methoxy groups -OCH3 is 2. The fourth-order valence-electron chi connectivity index (χ4n) is 1.69. The van der Waals surface area contributed by atoms with Crippen LogP contribution in [0.15, 0.2) is 24.3 Å². The van der Waals surface area contributed by atoms with Crippen LogP contribution in [0.5, 0.6) is 0 Å². The minimum atomic E-state index is -3.40. The molecule has 7 heteroatoms. The van der Waals surface area contributed by atoms with E-state index in [4.69, 9.17) is 15.2 Å². The van der Waals surface area contributed by atoms with Gasteiger partial charge in [0.25, 0.3) is 0 Å². The first-order chi connectivity index (χ1) is 9.49. The molecule has 20 heavy (non-hydrogen) atoms. The van der Waals surface area contributed by atoms with Gasteiger partial charge in [0.15, 0.2) is 0 Å². The Bertz CT molecular complexity index is 480. The maximum Gasteiger partial charge on any atom is 0.218 e. The van der Waals surface area contributed by atoms with Crippen LogP contribution in [0, 0.1) is 0 Å². The van der Waals surface area contributed by atoms with Crippen molar-refractivity contribution >= 4 is 15.7 Å². The number of hydrogen-bond acceptors (Lipinski definition) is 5. The van der Waals surface area contributed by atoms with Crippen LogP contribution in [0.1, 0.15) is 5.56 Å². The summed E-state index contributed by atoms with van der Waals surface area (Å²) in [5.74, 6) is -0.0549. The van der Waals surface area contributed by atoms with Crippen LogP contribution in [0.3, 0.4) is 0 Å². The number of rotatable bonds is 9. The van der Waals surface area contributed by atoms with Gasteiger partial charge in [-0.25, -0.2) is 8.42 Å². The molecular formula is C13H22N2O4S. The molecule has 1 aromatic rings. The van der Waals surface area contributed by atoms with Gasteiger partial charge in [-0.15, -0.1) is 0 Å². The van der Waals surface area contributed by atoms with Gasteiger partial charge in [-0.05, 0) is 17.7 Å². The molecule has 0 radical (unpaired) electrons. The van der Waals surface area contributed by atoms with Crippen LogP contribution >= 0.6 is 0 Å². The zero-order valence-electron chi connectivity index (χ0n) is 11.9. The molecule has 0 aliphatic rings. The van der Waals surface area contributed by atoms with Crippen LogP contribution in [0.25, 0.3) is 0 Å². The Balaban J connectivity index is 2.77. The summed E-state index contributed by atoms with van der Waals surface area (Å²) < 4.78 is 36.0. The lowest BCUT2D eigenvalue weighted by atomic mass is 10.2. The normalized spacial score (nSPS) is 11.9. The molecule has 0 aliphatic carbocycles. The van der Waals surface area contributed by atoms with Crippen molar-refractivity contribution in [1.82, 2.24) is 4.31 Å². The molecule has 1 aromatic carbocycles. The molecule has 0 bridgehead atoms. The fraction of sp³-hybridized carbons (Fsp3) is 0.538. The first kappa shape index (κ1) is 16.9. The van der Waals surface area contributed by atoms with E-state index in [2.05, 4.69) is 0 Å². The summed E-state index contributed by atoms with van der Waals surface area (Å²) in [4.78, 5) is 0. The third kappa shape index (κ3) is 5.46. The highest BCUT2D eigenvalue weighted by atomic mass is 32.2. The lowest BCUT2D eigenvalue weighted by Gasteiger charge is -2.21. The summed E-state index contributed by atoms with van der Waals surface area (Å²) in [6, 6.07) is 6.83. The number of benzene rings is 1. The number of ether oxygens (including phenoxy) is 2. The smallest absolute Gasteiger partial charge is 0.218 e. The Kier molecular flexibility index (Phi) is 6.94. The highest BCUT2D eigenvalue weighted by Crippen LogP contribution is 2.12. The van der Waals surface area contributed by atoms with E-state index in [1.165, 1.54) is 4.31 Å². The van der Waals surface area contributed by atoms with E-state index in [1.807, 2.05) is 0 Å². The van der Waals surface area contributed by atoms with Crippen LogP contribution < -0.4 is 5.73 Å². The van der Waals surface area contributed by atoms with Crippen LogP contribution in [-0.2, 0) is 25.2 Å². The Morgan fingerprint density at radius 1 is 1.05 bits per heavy atom. The van der Waals surface area contributed by atoms with Crippen molar-refractivity contribution in [3.63, 3.8) is 0 Å². The lowest BCUT2D eigenvalue weighted by molar-refractivity contribution is 0.150. The van der Waals surface area contributed by atoms with Gasteiger partial charge in [-0.3, -0.25) is 0 Å². The van der Waals surface area contributed by atoms with E-state index in [0.717, 1.165) is 0 Å². The number of anilines is 1. The number of nitrogen functional groups attached to an aromatic ring is 1. The molecule has 0 fully saturated rings. The second kappa shape index (κ2) is 8.21. The quantitative estimate of drug-likeness (QED) is 0.679. The topological polar surface area (TPSA) is 81.9 Å². The van der Waals surface area contributed by atoms with E-state index in [9.17, 15) is 8.42 Å². The van der Waals surface area contributed by atoms with Crippen molar-refractivity contribution in [1.29, 1.82) is 0 Å². The molecule has 0 spiro atoms. The molecule has 0 heterocycles. The van der Waals surface area contributed by atoms with Gasteiger partial charge in [0.2, 0.25) is 10.0 Å². The van der Waals surface area contributed by atoms with E-state index < -0.39 is 10.0 Å². The molecule has 0 saturated heterocycles. The van der Waals surface area contributed by atoms with Gasteiger partial charge in [0.1, 0.15) is 0 Å². The maximum atomic E-state index is 12.4. The molecule has 0 aromatic heterocycles. The summed E-state index contributed by atoms with van der Waals surface area (Å²) in [6.07, 6.45) is 0. The summed E-state index contributed by atoms with van der Waals surface area (Å²) >= 11 is 0. The van der Waals surface area contributed by atoms with Gasteiger partial charge in [0.05, 0.1) is 19.0 Å². The van der Waals surface area contributed by atoms with Gasteiger partial charge >= 0.3 is 0 Å². The van der Waals surface area contributed by atoms with E-state index in [-0.39, 0.29) is 5.75 Å². The molecule has 0 unspecified atom stereocenters. The highest BCUT2D eigenvalue weighted by molar-refractivity contribution is 7.88. The Morgan fingerprint density at radius 2 is 1.55 bits per heavy atom. The van der Waals surface area contributed by atoms with Crippen LogP contribution in [-0.4, -0.2) is 53.2 Å². The van der Waals surface area contributed by atoms with E-state index >= 15 is 0 Å². The minimum absolute atomic E-state index is 0.0549. The lowest BCUT2D eigenvalue weighted by Crippen LogP contribution is -2.37. The van der Waals surface area contributed by atoms with Gasteiger partial charge in [-0.2, -0.15) is 4.31 Å². The molecule has 0 amide bonds. The van der Waals surface area contributed by atoms with Crippen molar-refractivity contribution in [2.24, 2.45) is 0 Å². The predicted molar refractivity (Wildman–Crippen MR) is 78.8 cm³/mol. The summed E-state index contributed by atoms with van der Waals surface area (Å²) in [5, 5.41) is 0. The third-order valence-electron chi connectivity index (χ3n) is 2.81. The Hall–Kier alpha value is -1.15. The zero-order valence-corrected chi connectivity index (χ0v) is 12.7. The number of nitrogens with two attached hydrogens (primary N) is 1. The van der Waals surface area contributed by atoms with Gasteiger partial charge in [0, 0.05) is 33.0 Å². The highest BCUT2D eigenvalue weighted by Gasteiger charge is 2.21. The predicted octanol–water partition coefficient (Wildman–Crippen LogP) is 0.693. The molecule has 1 rings (SSSR count). The second-order valence-electron chi connectivity index (χ2n) is 4.38. The largest absolute Gasteiger partial charge is 0.399 e. The second-order valence-corrected chi connectivity index (χ2v) is 6.35. The standard InChI is InChI=1S/C13H22N2O4S/c1-18-9-7-15(8-10-19-2)20(16,17)11-12-3-5-13(14)6-4-12/h3-6H,7-11,14H2,1-2H3. The molecule has 2 N–H and O–H groups in total. The van der Waals surface area contributed by atoms with Crippen LogP contribution in [0.2, 0.25) is 0 Å². The Morgan fingerprint density at radius 3 is 2.00 bits per heavy atom. The SMILES string of the molecule is COCCN(CCOC)S(=O)(=O)Cc1ccc(N)cc1. The summed E-state index contributed by atoms with van der Waals surface area (Å²) in [5.41, 5.74) is 6.91. The van der Waals surface area contributed by atoms with Crippen molar-refractivity contribution in [3.8, 4) is 0 Å². The number of sulfonamides is 1. The molecule has 114 valence electrons. The molecular weight excluding hydrogens is 280 g/mol. The minimum Gasteiger partial charge on any atom is -0.399 e. The average molecular weight is 302 g/mol. The fourth-order valence-corrected chi connectivity index (χ4v) is 3.19. The molecule has 0 saturated carbocycles. The first-order valence-electron chi connectivity index (χ1n) is 6.29. The van der Waals surface area contributed by atoms with E-state index in [0.29, 0.717) is 37.6 Å². The van der Waals surface area contributed by atoms with Crippen molar-refractivity contribution in [2.75, 3.05) is 46.3 Å². The summed E-state index contributed by atoms with van der Waals surface area (Å²) in [6.45, 7) is 1.34. The van der Waals surface area contributed by atoms with Crippen LogP contribution in [0.4, 0.5) is 5.69 Å². The Labute approximate surface area is 120 Å². The van der Waals surface area contributed by atoms with Crippen molar-refractivity contribution < 1.29 is 17.9 Å². The number of nitrogens with zero attached hydrogens (tertiary/aromatic N) is 1. The maximum absolute atomic E-state index is 12.4. The van der Waals surface area contributed by atoms with E-state index in [1.54, 1.807) is 38.5 Å².